The Hall–Kier alpha value is -3.92. The molecule has 0 spiro atoms. The van der Waals surface area contributed by atoms with Crippen LogP contribution in [0.1, 0.15) is 50.3 Å². The number of nitrogens with one attached hydrogen (secondary N) is 2. The van der Waals surface area contributed by atoms with Gasteiger partial charge in [-0.25, -0.2) is 4.99 Å². The summed E-state index contributed by atoms with van der Waals surface area (Å²) in [5.41, 5.74) is 8.63. The predicted molar refractivity (Wildman–Crippen MR) is 145 cm³/mol. The molecule has 37 heavy (non-hydrogen) atoms. The lowest BCUT2D eigenvalue weighted by atomic mass is 10.1. The lowest BCUT2D eigenvalue weighted by molar-refractivity contribution is -0.138. The van der Waals surface area contributed by atoms with Gasteiger partial charge in [0.1, 0.15) is 0 Å². The van der Waals surface area contributed by atoms with Crippen molar-refractivity contribution in [1.29, 1.82) is 0 Å². The number of carbonyl (C=O) groups is 1. The molecule has 192 valence electrons. The zero-order valence-corrected chi connectivity index (χ0v) is 21.1. The summed E-state index contributed by atoms with van der Waals surface area (Å²) < 4.78 is 39.8. The van der Waals surface area contributed by atoms with Crippen molar-refractivity contribution in [2.75, 3.05) is 10.6 Å². The molecule has 2 aromatic carbocycles. The number of alkyl halides is 3. The highest BCUT2D eigenvalue weighted by Gasteiger charge is 2.32. The quantitative estimate of drug-likeness (QED) is 0.220. The van der Waals surface area contributed by atoms with E-state index in [1.807, 2.05) is 18.5 Å². The predicted octanol–water partition coefficient (Wildman–Crippen LogP) is 6.92. The van der Waals surface area contributed by atoms with E-state index in [9.17, 15) is 18.0 Å². The minimum absolute atomic E-state index is 0.0605. The van der Waals surface area contributed by atoms with Gasteiger partial charge in [0.05, 0.1) is 28.5 Å². The van der Waals surface area contributed by atoms with Gasteiger partial charge in [-0.05, 0) is 62.1 Å². The lowest BCUT2D eigenvalue weighted by Gasteiger charge is -2.15. The van der Waals surface area contributed by atoms with Crippen molar-refractivity contribution in [1.82, 2.24) is 0 Å². The van der Waals surface area contributed by atoms with Crippen molar-refractivity contribution in [2.24, 2.45) is 15.7 Å². The topological polar surface area (TPSA) is 91.9 Å². The standard InChI is InChI=1S/C27H26F3N5OS/c1-15-5-7-20(11-22(15)27(28,29)30)35-26(36)18-6-4-16(2)23(10-18)34-17(3)21-13-37-24(25(21)33-14-31)12-32-19-8-9-19/h4-7,10-14,19,34H,3,8-9H2,1-2H3,(H2,31,33)(H,35,36). The molecule has 0 aliphatic heterocycles. The molecule has 1 aromatic heterocycles. The smallest absolute Gasteiger partial charge is 0.390 e. The number of anilines is 2. The van der Waals surface area contributed by atoms with Crippen molar-refractivity contribution >= 4 is 52.6 Å². The van der Waals surface area contributed by atoms with E-state index in [1.54, 1.807) is 18.2 Å². The number of rotatable bonds is 8. The molecular weight excluding hydrogens is 499 g/mol. The summed E-state index contributed by atoms with van der Waals surface area (Å²) in [5, 5.41) is 7.70. The summed E-state index contributed by atoms with van der Waals surface area (Å²) in [6.07, 6.45) is 0.708. The third-order valence-corrected chi connectivity index (χ3v) is 6.76. The molecule has 0 unspecified atom stereocenters. The highest BCUT2D eigenvalue weighted by atomic mass is 32.1. The fourth-order valence-corrected chi connectivity index (χ4v) is 4.51. The number of nitrogens with two attached hydrogens (primary N) is 1. The molecule has 1 amide bonds. The number of aliphatic imine (C=N–C) groups is 2. The van der Waals surface area contributed by atoms with Crippen molar-refractivity contribution in [3.8, 4) is 0 Å². The number of thiophene rings is 1. The van der Waals surface area contributed by atoms with Gasteiger partial charge in [-0.3, -0.25) is 9.79 Å². The summed E-state index contributed by atoms with van der Waals surface area (Å²) in [6.45, 7) is 7.38. The summed E-state index contributed by atoms with van der Waals surface area (Å²) >= 11 is 1.48. The molecule has 1 heterocycles. The van der Waals surface area contributed by atoms with Gasteiger partial charge >= 0.3 is 6.18 Å². The number of amides is 1. The summed E-state index contributed by atoms with van der Waals surface area (Å²) in [6, 6.07) is 9.07. The second-order valence-corrected chi connectivity index (χ2v) is 9.68. The first-order valence-electron chi connectivity index (χ1n) is 11.5. The Balaban J connectivity index is 1.54. The number of carbonyl (C=O) groups excluding carboxylic acids is 1. The van der Waals surface area contributed by atoms with Crippen LogP contribution in [-0.2, 0) is 6.18 Å². The van der Waals surface area contributed by atoms with Crippen LogP contribution in [0.25, 0.3) is 5.70 Å². The van der Waals surface area contributed by atoms with E-state index < -0.39 is 17.6 Å². The highest BCUT2D eigenvalue weighted by molar-refractivity contribution is 7.12. The minimum Gasteiger partial charge on any atom is -0.390 e. The van der Waals surface area contributed by atoms with Gasteiger partial charge in [-0.15, -0.1) is 11.3 Å². The van der Waals surface area contributed by atoms with E-state index in [-0.39, 0.29) is 16.8 Å². The van der Waals surface area contributed by atoms with Crippen LogP contribution >= 0.6 is 11.3 Å². The van der Waals surface area contributed by atoms with E-state index in [1.165, 1.54) is 36.7 Å². The van der Waals surface area contributed by atoms with Gasteiger partial charge < -0.3 is 16.4 Å². The maximum Gasteiger partial charge on any atom is 0.416 e. The zero-order valence-electron chi connectivity index (χ0n) is 20.3. The monoisotopic (exact) mass is 525 g/mol. The molecule has 4 rings (SSSR count). The van der Waals surface area contributed by atoms with Gasteiger partial charge in [-0.2, -0.15) is 13.2 Å². The van der Waals surface area contributed by atoms with Gasteiger partial charge in [-0.1, -0.05) is 18.7 Å². The molecule has 1 fully saturated rings. The maximum absolute atomic E-state index is 13.3. The van der Waals surface area contributed by atoms with Crippen molar-refractivity contribution in [3.05, 3.63) is 81.1 Å². The molecule has 0 saturated heterocycles. The lowest BCUT2D eigenvalue weighted by Crippen LogP contribution is -2.14. The van der Waals surface area contributed by atoms with E-state index >= 15 is 0 Å². The van der Waals surface area contributed by atoms with Gasteiger partial charge in [0.15, 0.2) is 0 Å². The molecule has 3 aromatic rings. The molecule has 4 N–H and O–H groups in total. The first-order valence-corrected chi connectivity index (χ1v) is 12.4. The van der Waals surface area contributed by atoms with Crippen LogP contribution in [-0.4, -0.2) is 24.5 Å². The number of halogens is 3. The fourth-order valence-electron chi connectivity index (χ4n) is 3.61. The first-order chi connectivity index (χ1) is 17.6. The van der Waals surface area contributed by atoms with E-state index in [4.69, 9.17) is 5.73 Å². The SMILES string of the molecule is C=C(Nc1cc(C(=O)Nc2ccc(C)c(C(F)(F)F)c2)ccc1C)c1csc(C=NC2CC2)c1N=CN. The summed E-state index contributed by atoms with van der Waals surface area (Å²) in [5.74, 6) is -0.534. The van der Waals surface area contributed by atoms with Crippen molar-refractivity contribution < 1.29 is 18.0 Å². The second kappa shape index (κ2) is 10.6. The number of hydrogen-bond donors (Lipinski definition) is 3. The molecule has 0 radical (unpaired) electrons. The Morgan fingerprint density at radius 2 is 1.86 bits per heavy atom. The molecule has 1 aliphatic rings. The molecule has 6 nitrogen and oxygen atoms in total. The third-order valence-electron chi connectivity index (χ3n) is 5.86. The maximum atomic E-state index is 13.3. The van der Waals surface area contributed by atoms with Crippen LogP contribution < -0.4 is 16.4 Å². The van der Waals surface area contributed by atoms with Gasteiger partial charge in [0.2, 0.25) is 0 Å². The van der Waals surface area contributed by atoms with E-state index in [2.05, 4.69) is 27.2 Å². The largest absolute Gasteiger partial charge is 0.416 e. The molecule has 0 atom stereocenters. The average Bonchev–Trinajstić information content (AvgIpc) is 3.59. The third kappa shape index (κ3) is 6.26. The van der Waals surface area contributed by atoms with Crippen LogP contribution in [0.3, 0.4) is 0 Å². The zero-order chi connectivity index (χ0) is 26.7. The van der Waals surface area contributed by atoms with Gasteiger partial charge in [0, 0.05) is 39.8 Å². The van der Waals surface area contributed by atoms with Gasteiger partial charge in [0.25, 0.3) is 5.91 Å². The number of nitrogens with zero attached hydrogens (tertiary/aromatic N) is 2. The van der Waals surface area contributed by atoms with Crippen LogP contribution in [0.5, 0.6) is 0 Å². The average molecular weight is 526 g/mol. The Morgan fingerprint density at radius 3 is 2.54 bits per heavy atom. The first kappa shape index (κ1) is 26.2. The Kier molecular flexibility index (Phi) is 7.49. The Bertz CT molecular complexity index is 1400. The number of aryl methyl sites for hydroxylation is 2. The highest BCUT2D eigenvalue weighted by Crippen LogP contribution is 2.36. The second-order valence-electron chi connectivity index (χ2n) is 8.76. The van der Waals surface area contributed by atoms with Crippen molar-refractivity contribution in [2.45, 2.75) is 38.9 Å². The Morgan fingerprint density at radius 1 is 1.14 bits per heavy atom. The molecule has 0 bridgehead atoms. The van der Waals surface area contributed by atoms with Crippen LogP contribution in [0.15, 0.2) is 58.3 Å². The molecule has 1 saturated carbocycles. The number of hydrogen-bond acceptors (Lipinski definition) is 5. The number of benzene rings is 2. The Labute approximate surface area is 216 Å². The van der Waals surface area contributed by atoms with E-state index in [0.29, 0.717) is 23.1 Å². The summed E-state index contributed by atoms with van der Waals surface area (Å²) in [7, 11) is 0. The fraction of sp³-hybridized carbons (Fsp3) is 0.222. The van der Waals surface area contributed by atoms with Crippen LogP contribution in [0, 0.1) is 13.8 Å². The molecular formula is C27H26F3N5OS. The molecule has 10 heteroatoms. The van der Waals surface area contributed by atoms with E-state index in [0.717, 1.165) is 34.9 Å². The normalized spacial score (nSPS) is 13.9. The van der Waals surface area contributed by atoms with Crippen LogP contribution in [0.4, 0.5) is 30.2 Å². The molecule has 1 aliphatic carbocycles. The van der Waals surface area contributed by atoms with Crippen molar-refractivity contribution in [3.63, 3.8) is 0 Å². The minimum atomic E-state index is -4.51. The summed E-state index contributed by atoms with van der Waals surface area (Å²) in [4.78, 5) is 22.6. The van der Waals surface area contributed by atoms with Crippen LogP contribution in [0.2, 0.25) is 0 Å².